The molecule has 0 aromatic heterocycles. The van der Waals surface area contributed by atoms with Gasteiger partial charge in [-0.15, -0.1) is 0 Å². The quantitative estimate of drug-likeness (QED) is 0.494. The van der Waals surface area contributed by atoms with E-state index in [9.17, 15) is 0 Å². The van der Waals surface area contributed by atoms with Crippen LogP contribution in [0.2, 0.25) is 0 Å². The van der Waals surface area contributed by atoms with Gasteiger partial charge in [0.05, 0.1) is 0 Å². The van der Waals surface area contributed by atoms with Crippen LogP contribution in [0.1, 0.15) is 20.3 Å². The molecule has 0 amide bonds. The van der Waals surface area contributed by atoms with Gasteiger partial charge in [-0.2, -0.15) is 13.8 Å². The van der Waals surface area contributed by atoms with Crippen LogP contribution in [0.15, 0.2) is 0 Å². The van der Waals surface area contributed by atoms with E-state index in [0.29, 0.717) is 0 Å². The van der Waals surface area contributed by atoms with E-state index in [0.717, 1.165) is 6.42 Å². The Kier molecular flexibility index (Phi) is 61.6. The Morgan fingerprint density at radius 2 is 1.29 bits per heavy atom. The molecule has 0 nitrogen and oxygen atoms in total. The van der Waals surface area contributed by atoms with E-state index in [1.807, 2.05) is 20.3 Å². The molecule has 0 aliphatic heterocycles. The first-order chi connectivity index (χ1) is 2.83. The maximum absolute atomic E-state index is 3.38. The molecule has 0 aliphatic carbocycles. The van der Waals surface area contributed by atoms with Gasteiger partial charge in [0, 0.05) is 0 Å². The van der Waals surface area contributed by atoms with Gasteiger partial charge in [-0.05, 0) is 0 Å². The zero-order chi connectivity index (χ0) is 5.41. The normalized spacial score (nSPS) is 5.14. The van der Waals surface area contributed by atoms with E-state index in [4.69, 9.17) is 0 Å². The van der Waals surface area contributed by atoms with E-state index in [-0.39, 0.29) is 32.7 Å². The molecule has 0 spiro atoms. The summed E-state index contributed by atoms with van der Waals surface area (Å²) >= 11 is 0. The predicted molar refractivity (Wildman–Crippen MR) is 31.0 cm³/mol. The van der Waals surface area contributed by atoms with Crippen molar-refractivity contribution in [1.29, 1.82) is 0 Å². The summed E-state index contributed by atoms with van der Waals surface area (Å²) in [6, 6.07) is 0. The molecule has 0 aliphatic rings. The molecule has 40 valence electrons. The third-order valence-electron chi connectivity index (χ3n) is 0. The number of hydrogen-bond acceptors (Lipinski definition) is 0. The first kappa shape index (κ1) is 15.7. The molecule has 0 saturated carbocycles. The largest absolute Gasteiger partial charge is 3.00 e. The van der Waals surface area contributed by atoms with Crippen molar-refractivity contribution in [2.45, 2.75) is 20.3 Å². The molecule has 0 N–H and O–H groups in total. The van der Waals surface area contributed by atoms with Gasteiger partial charge in [-0.1, -0.05) is 0 Å². The van der Waals surface area contributed by atoms with Gasteiger partial charge < -0.3 is 26.7 Å². The molecule has 1 heteroatoms. The van der Waals surface area contributed by atoms with Crippen LogP contribution in [-0.2, 0) is 32.7 Å². The van der Waals surface area contributed by atoms with Crippen molar-refractivity contribution in [3.63, 3.8) is 0 Å². The number of rotatable bonds is 0. The van der Waals surface area contributed by atoms with Gasteiger partial charge in [0.25, 0.3) is 0 Å². The summed E-state index contributed by atoms with van der Waals surface area (Å²) in [6.45, 7) is 10.8. The smallest absolute Gasteiger partial charge is 0.372 e. The molecule has 0 saturated heterocycles. The summed E-state index contributed by atoms with van der Waals surface area (Å²) in [7, 11) is 0. The Labute approximate surface area is 73.0 Å². The van der Waals surface area contributed by atoms with Crippen LogP contribution in [0.3, 0.4) is 0 Å². The van der Waals surface area contributed by atoms with Gasteiger partial charge in [0.15, 0.2) is 0 Å². The van der Waals surface area contributed by atoms with E-state index < -0.39 is 0 Å². The van der Waals surface area contributed by atoms with E-state index in [1.165, 1.54) is 0 Å². The summed E-state index contributed by atoms with van der Waals surface area (Å²) in [5.41, 5.74) is 0. The van der Waals surface area contributed by atoms with Gasteiger partial charge in [0.2, 0.25) is 0 Å². The molecule has 0 bridgehead atoms. The van der Waals surface area contributed by atoms with E-state index in [1.54, 1.807) is 0 Å². The Morgan fingerprint density at radius 1 is 1.29 bits per heavy atom. The Hall–Kier alpha value is 1.10. The minimum Gasteiger partial charge on any atom is -0.372 e. The van der Waals surface area contributed by atoms with Crippen molar-refractivity contribution in [3.8, 4) is 0 Å². The molecule has 0 radical (unpaired) electrons. The molecule has 0 atom stereocenters. The molecule has 7 heavy (non-hydrogen) atoms. The summed E-state index contributed by atoms with van der Waals surface area (Å²) in [5.74, 6) is 0. The third kappa shape index (κ3) is 152. The summed E-state index contributed by atoms with van der Waals surface area (Å²) in [6.07, 6.45) is 2.75. The van der Waals surface area contributed by atoms with Gasteiger partial charge in [0.1, 0.15) is 0 Å². The second-order valence-corrected chi connectivity index (χ2v) is 0.931. The van der Waals surface area contributed by atoms with Crippen molar-refractivity contribution in [2.24, 2.45) is 0 Å². The average Bonchev–Trinajstić information content (AvgIpc) is 1.39. The van der Waals surface area contributed by atoms with Crippen molar-refractivity contribution in [2.75, 3.05) is 0 Å². The molecule has 0 unspecified atom stereocenters. The van der Waals surface area contributed by atoms with Crippen LogP contribution in [0.5, 0.6) is 0 Å². The molecule has 0 aromatic rings. The average molecular weight is 174 g/mol. The van der Waals surface area contributed by atoms with Gasteiger partial charge in [-0.3, -0.25) is 0 Å². The van der Waals surface area contributed by atoms with Crippen molar-refractivity contribution >= 4 is 0 Å². The monoisotopic (exact) mass is 174 g/mol. The third-order valence-corrected chi connectivity index (χ3v) is 0. The van der Waals surface area contributed by atoms with Crippen molar-refractivity contribution in [3.05, 3.63) is 20.3 Å². The van der Waals surface area contributed by atoms with E-state index >= 15 is 0 Å². The first-order valence-corrected chi connectivity index (χ1v) is 2.15. The van der Waals surface area contributed by atoms with Gasteiger partial charge in [-0.25, -0.2) is 0 Å². The standard InChI is InChI=1S/C3H7.C3H6.Y/c2*1-3-2;/h3H,1-2H3;1-3H2;/q-1;-2;+3. The predicted octanol–water partition coefficient (Wildman–Crippen LogP) is 2.27. The van der Waals surface area contributed by atoms with Crippen molar-refractivity contribution in [1.82, 2.24) is 0 Å². The second-order valence-electron chi connectivity index (χ2n) is 0.931. The molecule has 0 rings (SSSR count). The molecular weight excluding hydrogens is 161 g/mol. The van der Waals surface area contributed by atoms with E-state index in [2.05, 4.69) is 13.8 Å². The van der Waals surface area contributed by atoms with Crippen LogP contribution in [-0.4, -0.2) is 0 Å². The summed E-state index contributed by atoms with van der Waals surface area (Å²) in [4.78, 5) is 0. The maximum atomic E-state index is 3.38. The first-order valence-electron chi connectivity index (χ1n) is 2.15. The maximum Gasteiger partial charge on any atom is 3.00 e. The summed E-state index contributed by atoms with van der Waals surface area (Å²) in [5, 5.41) is 0. The molecule has 0 fully saturated rings. The van der Waals surface area contributed by atoms with Crippen LogP contribution in [0.25, 0.3) is 0 Å². The Morgan fingerprint density at radius 3 is 1.29 bits per heavy atom. The Bertz CT molecular complexity index is 6.14. The minimum absolute atomic E-state index is 0. The van der Waals surface area contributed by atoms with Crippen LogP contribution < -0.4 is 0 Å². The Balaban J connectivity index is -0.0000000400. The van der Waals surface area contributed by atoms with Crippen LogP contribution in [0.4, 0.5) is 0 Å². The fourth-order valence-electron chi connectivity index (χ4n) is 0. The minimum atomic E-state index is 0. The zero-order valence-corrected chi connectivity index (χ0v) is 8.11. The molecule has 0 heterocycles. The second kappa shape index (κ2) is 27.5. The topological polar surface area (TPSA) is 0 Å². The summed E-state index contributed by atoms with van der Waals surface area (Å²) < 4.78 is 0. The number of hydrogen-bond donors (Lipinski definition) is 0. The van der Waals surface area contributed by atoms with Crippen molar-refractivity contribution < 1.29 is 32.7 Å². The molecule has 0 aromatic carbocycles. The van der Waals surface area contributed by atoms with Crippen LogP contribution in [0, 0.1) is 20.3 Å². The molecular formula is C6H13Y. The zero-order valence-electron chi connectivity index (χ0n) is 5.28. The van der Waals surface area contributed by atoms with Gasteiger partial charge >= 0.3 is 32.7 Å². The fraction of sp³-hybridized carbons (Fsp3) is 0.500. The SMILES string of the molecule is C[CH-]C.[CH2-]C[CH2-].[Y+3]. The van der Waals surface area contributed by atoms with Crippen LogP contribution >= 0.6 is 0 Å². The fourth-order valence-corrected chi connectivity index (χ4v) is 0.